The maximum atomic E-state index is 12.7. The Balaban J connectivity index is 1.91. The van der Waals surface area contributed by atoms with Crippen LogP contribution in [0.5, 0.6) is 0 Å². The molecule has 0 aromatic carbocycles. The van der Waals surface area contributed by atoms with Gasteiger partial charge in [0, 0.05) is 25.0 Å². The molecule has 2 aliphatic rings. The highest BCUT2D eigenvalue weighted by Crippen LogP contribution is 2.32. The van der Waals surface area contributed by atoms with Gasteiger partial charge in [-0.15, -0.1) is 0 Å². The zero-order valence-electron chi connectivity index (χ0n) is 13.4. The number of amides is 1. The molecule has 3 heteroatoms. The summed E-state index contributed by atoms with van der Waals surface area (Å²) in [5.74, 6) is 0.355. The van der Waals surface area contributed by atoms with Crippen molar-refractivity contribution in [2.24, 2.45) is 0 Å². The molecular formula is C17H32N2O. The van der Waals surface area contributed by atoms with Crippen LogP contribution < -0.4 is 5.32 Å². The average Bonchev–Trinajstić information content (AvgIpc) is 2.76. The molecule has 0 unspecified atom stereocenters. The third-order valence-electron chi connectivity index (χ3n) is 5.60. The Bertz CT molecular complexity index is 302. The Morgan fingerprint density at radius 1 is 1.05 bits per heavy atom. The van der Waals surface area contributed by atoms with Crippen molar-refractivity contribution in [1.29, 1.82) is 0 Å². The molecule has 2 rings (SSSR count). The second kappa shape index (κ2) is 7.44. The Kier molecular flexibility index (Phi) is 5.88. The van der Waals surface area contributed by atoms with Crippen LogP contribution in [0.25, 0.3) is 0 Å². The summed E-state index contributed by atoms with van der Waals surface area (Å²) >= 11 is 0. The highest BCUT2D eigenvalue weighted by molar-refractivity contribution is 5.77. The SMILES string of the molecule is CNC1(CC(=O)N(C)C2CCCCCC2)CCCCC1. The molecule has 116 valence electrons. The van der Waals surface area contributed by atoms with Gasteiger partial charge in [-0.25, -0.2) is 0 Å². The van der Waals surface area contributed by atoms with E-state index >= 15 is 0 Å². The maximum Gasteiger partial charge on any atom is 0.224 e. The zero-order valence-corrected chi connectivity index (χ0v) is 13.4. The van der Waals surface area contributed by atoms with E-state index in [4.69, 9.17) is 0 Å². The molecule has 0 bridgehead atoms. The molecular weight excluding hydrogens is 248 g/mol. The van der Waals surface area contributed by atoms with Gasteiger partial charge in [-0.1, -0.05) is 44.9 Å². The minimum atomic E-state index is 0.0777. The van der Waals surface area contributed by atoms with Crippen LogP contribution in [0.15, 0.2) is 0 Å². The van der Waals surface area contributed by atoms with E-state index < -0.39 is 0 Å². The fourth-order valence-corrected chi connectivity index (χ4v) is 4.01. The Hall–Kier alpha value is -0.570. The number of hydrogen-bond donors (Lipinski definition) is 1. The van der Waals surface area contributed by atoms with Gasteiger partial charge >= 0.3 is 0 Å². The van der Waals surface area contributed by atoms with Crippen molar-refractivity contribution in [3.8, 4) is 0 Å². The molecule has 2 aliphatic carbocycles. The molecule has 0 atom stereocenters. The van der Waals surface area contributed by atoms with Crippen molar-refractivity contribution in [3.63, 3.8) is 0 Å². The smallest absolute Gasteiger partial charge is 0.224 e. The summed E-state index contributed by atoms with van der Waals surface area (Å²) in [6, 6.07) is 0.488. The number of rotatable bonds is 4. The maximum absolute atomic E-state index is 12.7. The molecule has 0 aromatic heterocycles. The van der Waals surface area contributed by atoms with Crippen LogP contribution in [0.3, 0.4) is 0 Å². The number of carbonyl (C=O) groups excluding carboxylic acids is 1. The quantitative estimate of drug-likeness (QED) is 0.800. The second-order valence-electron chi connectivity index (χ2n) is 6.92. The van der Waals surface area contributed by atoms with Gasteiger partial charge in [0.25, 0.3) is 0 Å². The van der Waals surface area contributed by atoms with E-state index in [0.717, 1.165) is 12.8 Å². The van der Waals surface area contributed by atoms with Crippen LogP contribution in [0.2, 0.25) is 0 Å². The number of nitrogens with zero attached hydrogens (tertiary/aromatic N) is 1. The van der Waals surface area contributed by atoms with E-state index in [0.29, 0.717) is 18.4 Å². The van der Waals surface area contributed by atoms with Gasteiger partial charge in [0.05, 0.1) is 0 Å². The molecule has 20 heavy (non-hydrogen) atoms. The van der Waals surface area contributed by atoms with Crippen molar-refractivity contribution in [2.45, 2.75) is 88.6 Å². The fourth-order valence-electron chi connectivity index (χ4n) is 4.01. The summed E-state index contributed by atoms with van der Waals surface area (Å²) in [6.07, 6.45) is 14.6. The molecule has 2 saturated carbocycles. The first-order valence-electron chi connectivity index (χ1n) is 8.61. The van der Waals surface area contributed by atoms with Crippen LogP contribution in [-0.4, -0.2) is 36.5 Å². The third kappa shape index (κ3) is 3.97. The molecule has 0 heterocycles. The standard InChI is InChI=1S/C17H32N2O/c1-18-17(12-8-5-9-13-17)14-16(20)19(2)15-10-6-3-4-7-11-15/h15,18H,3-14H2,1-2H3. The highest BCUT2D eigenvalue weighted by Gasteiger charge is 2.34. The Morgan fingerprint density at radius 3 is 2.15 bits per heavy atom. The highest BCUT2D eigenvalue weighted by atomic mass is 16.2. The number of hydrogen-bond acceptors (Lipinski definition) is 2. The largest absolute Gasteiger partial charge is 0.343 e. The minimum Gasteiger partial charge on any atom is -0.343 e. The molecule has 0 radical (unpaired) electrons. The lowest BCUT2D eigenvalue weighted by molar-refractivity contribution is -0.134. The van der Waals surface area contributed by atoms with Crippen molar-refractivity contribution in [2.75, 3.05) is 14.1 Å². The van der Waals surface area contributed by atoms with Gasteiger partial charge in [-0.3, -0.25) is 4.79 Å². The average molecular weight is 280 g/mol. The first-order valence-corrected chi connectivity index (χ1v) is 8.61. The lowest BCUT2D eigenvalue weighted by Crippen LogP contribution is -2.49. The lowest BCUT2D eigenvalue weighted by atomic mass is 9.79. The van der Waals surface area contributed by atoms with Crippen molar-refractivity contribution in [1.82, 2.24) is 10.2 Å². The number of nitrogens with one attached hydrogen (secondary N) is 1. The van der Waals surface area contributed by atoms with E-state index in [-0.39, 0.29) is 5.54 Å². The van der Waals surface area contributed by atoms with Crippen LogP contribution in [-0.2, 0) is 4.79 Å². The Morgan fingerprint density at radius 2 is 1.60 bits per heavy atom. The fraction of sp³-hybridized carbons (Fsp3) is 0.941. The van der Waals surface area contributed by atoms with Gasteiger partial charge in [0.2, 0.25) is 5.91 Å². The van der Waals surface area contributed by atoms with Gasteiger partial charge in [-0.05, 0) is 32.7 Å². The lowest BCUT2D eigenvalue weighted by Gasteiger charge is -2.39. The topological polar surface area (TPSA) is 32.3 Å². The van der Waals surface area contributed by atoms with Crippen LogP contribution in [0.1, 0.15) is 77.0 Å². The van der Waals surface area contributed by atoms with Gasteiger partial charge in [0.15, 0.2) is 0 Å². The van der Waals surface area contributed by atoms with E-state index in [9.17, 15) is 4.79 Å². The predicted molar refractivity (Wildman–Crippen MR) is 83.8 cm³/mol. The van der Waals surface area contributed by atoms with Gasteiger partial charge in [0.1, 0.15) is 0 Å². The zero-order chi connectivity index (χ0) is 14.4. The summed E-state index contributed by atoms with van der Waals surface area (Å²) in [5.41, 5.74) is 0.0777. The van der Waals surface area contributed by atoms with E-state index in [1.807, 2.05) is 14.1 Å². The van der Waals surface area contributed by atoms with Crippen LogP contribution >= 0.6 is 0 Å². The summed E-state index contributed by atoms with van der Waals surface area (Å²) in [6.45, 7) is 0. The summed E-state index contributed by atoms with van der Waals surface area (Å²) in [5, 5.41) is 3.47. The molecule has 0 spiro atoms. The molecule has 1 amide bonds. The van der Waals surface area contributed by atoms with Crippen molar-refractivity contribution < 1.29 is 4.79 Å². The molecule has 3 nitrogen and oxygen atoms in total. The molecule has 0 saturated heterocycles. The first kappa shape index (κ1) is 15.8. The third-order valence-corrected chi connectivity index (χ3v) is 5.60. The van der Waals surface area contributed by atoms with E-state index in [2.05, 4.69) is 10.2 Å². The van der Waals surface area contributed by atoms with E-state index in [1.165, 1.54) is 57.8 Å². The van der Waals surface area contributed by atoms with Crippen molar-refractivity contribution in [3.05, 3.63) is 0 Å². The number of carbonyl (C=O) groups is 1. The monoisotopic (exact) mass is 280 g/mol. The molecule has 1 N–H and O–H groups in total. The van der Waals surface area contributed by atoms with Gasteiger partial charge < -0.3 is 10.2 Å². The van der Waals surface area contributed by atoms with Gasteiger partial charge in [-0.2, -0.15) is 0 Å². The van der Waals surface area contributed by atoms with Crippen LogP contribution in [0, 0.1) is 0 Å². The predicted octanol–water partition coefficient (Wildman–Crippen LogP) is 3.48. The summed E-state index contributed by atoms with van der Waals surface area (Å²) in [7, 11) is 4.06. The Labute approximate surface area is 124 Å². The second-order valence-corrected chi connectivity index (χ2v) is 6.92. The minimum absolute atomic E-state index is 0.0777. The summed E-state index contributed by atoms with van der Waals surface area (Å²) in [4.78, 5) is 14.7. The first-order chi connectivity index (χ1) is 9.67. The summed E-state index contributed by atoms with van der Waals surface area (Å²) < 4.78 is 0. The van der Waals surface area contributed by atoms with Crippen LogP contribution in [0.4, 0.5) is 0 Å². The normalized spacial score (nSPS) is 24.1. The van der Waals surface area contributed by atoms with Crippen molar-refractivity contribution >= 4 is 5.91 Å². The van der Waals surface area contributed by atoms with E-state index in [1.54, 1.807) is 0 Å². The molecule has 2 fully saturated rings. The molecule has 0 aromatic rings. The molecule has 0 aliphatic heterocycles.